The summed E-state index contributed by atoms with van der Waals surface area (Å²) in [5.41, 5.74) is 1.79. The molecule has 0 unspecified atom stereocenters. The van der Waals surface area contributed by atoms with Gasteiger partial charge in [-0.3, -0.25) is 9.36 Å². The summed E-state index contributed by atoms with van der Waals surface area (Å²) < 4.78 is 7.14. The van der Waals surface area contributed by atoms with Gasteiger partial charge in [-0.2, -0.15) is 0 Å². The summed E-state index contributed by atoms with van der Waals surface area (Å²) in [6.07, 6.45) is 0. The molecular formula is C21H22Cl2N4O2S. The van der Waals surface area contributed by atoms with Gasteiger partial charge in [-0.1, -0.05) is 60.9 Å². The number of aromatic nitrogens is 3. The van der Waals surface area contributed by atoms with E-state index in [2.05, 4.69) is 15.5 Å². The number of carbonyl (C=O) groups is 1. The lowest BCUT2D eigenvalue weighted by molar-refractivity contribution is -0.124. The molecule has 0 fully saturated rings. The fourth-order valence-electron chi connectivity index (χ4n) is 2.69. The summed E-state index contributed by atoms with van der Waals surface area (Å²) in [7, 11) is 1.64. The van der Waals surface area contributed by atoms with Crippen LogP contribution in [0.4, 0.5) is 0 Å². The van der Waals surface area contributed by atoms with E-state index in [1.807, 2.05) is 48.7 Å². The number of nitrogens with one attached hydrogen (secondary N) is 1. The standard InChI is InChI=1S/C21H22Cl2N4O2S/c1-13(2)20(28)24-11-19-25-26-21(27(19)18-8-7-15(22)10-17(18)23)30-12-14-5-4-6-16(9-14)29-3/h4-10,13H,11-12H2,1-3H3,(H,24,28). The minimum Gasteiger partial charge on any atom is -0.497 e. The lowest BCUT2D eigenvalue weighted by atomic mass is 10.2. The SMILES string of the molecule is COc1cccc(CSc2nnc(CNC(=O)C(C)C)n2-c2ccc(Cl)cc2Cl)c1. The minimum atomic E-state index is -0.123. The number of carbonyl (C=O) groups excluding carboxylic acids is 1. The van der Waals surface area contributed by atoms with E-state index in [4.69, 9.17) is 27.9 Å². The highest BCUT2D eigenvalue weighted by atomic mass is 35.5. The van der Waals surface area contributed by atoms with E-state index in [0.29, 0.717) is 32.5 Å². The molecule has 158 valence electrons. The summed E-state index contributed by atoms with van der Waals surface area (Å²) in [4.78, 5) is 12.0. The third-order valence-corrected chi connectivity index (χ3v) is 5.84. The molecule has 0 bridgehead atoms. The Hall–Kier alpha value is -2.22. The van der Waals surface area contributed by atoms with Crippen molar-refractivity contribution in [3.63, 3.8) is 0 Å². The summed E-state index contributed by atoms with van der Waals surface area (Å²) >= 11 is 14.0. The van der Waals surface area contributed by atoms with Crippen LogP contribution in [-0.4, -0.2) is 27.8 Å². The second-order valence-electron chi connectivity index (χ2n) is 6.84. The zero-order chi connectivity index (χ0) is 21.7. The van der Waals surface area contributed by atoms with Gasteiger partial charge in [0.2, 0.25) is 5.91 Å². The first-order valence-corrected chi connectivity index (χ1v) is 11.1. The number of hydrogen-bond donors (Lipinski definition) is 1. The number of thioether (sulfide) groups is 1. The van der Waals surface area contributed by atoms with Crippen molar-refractivity contribution < 1.29 is 9.53 Å². The van der Waals surface area contributed by atoms with E-state index in [9.17, 15) is 4.79 Å². The summed E-state index contributed by atoms with van der Waals surface area (Å²) in [5, 5.41) is 13.2. The molecule has 0 saturated heterocycles. The highest BCUT2D eigenvalue weighted by Crippen LogP contribution is 2.31. The first kappa shape index (κ1) is 22.5. The van der Waals surface area contributed by atoms with E-state index in [1.54, 1.807) is 19.2 Å². The van der Waals surface area contributed by atoms with Crippen molar-refractivity contribution >= 4 is 40.9 Å². The van der Waals surface area contributed by atoms with Gasteiger partial charge in [0.15, 0.2) is 11.0 Å². The Balaban J connectivity index is 1.90. The van der Waals surface area contributed by atoms with Gasteiger partial charge in [-0.05, 0) is 35.9 Å². The molecule has 0 radical (unpaired) electrons. The number of nitrogens with zero attached hydrogens (tertiary/aromatic N) is 3. The number of benzene rings is 2. The Bertz CT molecular complexity index is 1040. The maximum absolute atomic E-state index is 12.0. The van der Waals surface area contributed by atoms with Crippen LogP contribution in [0, 0.1) is 5.92 Å². The van der Waals surface area contributed by atoms with Gasteiger partial charge < -0.3 is 10.1 Å². The van der Waals surface area contributed by atoms with E-state index >= 15 is 0 Å². The largest absolute Gasteiger partial charge is 0.497 e. The molecule has 0 aliphatic carbocycles. The molecule has 9 heteroatoms. The number of methoxy groups -OCH3 is 1. The Morgan fingerprint density at radius 2 is 2.00 bits per heavy atom. The Labute approximate surface area is 189 Å². The molecule has 6 nitrogen and oxygen atoms in total. The molecule has 3 rings (SSSR count). The maximum atomic E-state index is 12.0. The molecule has 1 aromatic heterocycles. The number of halogens is 2. The Kier molecular flexibility index (Phi) is 7.64. The number of rotatable bonds is 8. The molecule has 1 heterocycles. The number of hydrogen-bond acceptors (Lipinski definition) is 5. The van der Waals surface area contributed by atoms with Gasteiger partial charge in [0.25, 0.3) is 0 Å². The highest BCUT2D eigenvalue weighted by Gasteiger charge is 2.18. The average molecular weight is 465 g/mol. The molecule has 0 aliphatic heterocycles. The molecule has 1 amide bonds. The number of ether oxygens (including phenoxy) is 1. The Morgan fingerprint density at radius 1 is 1.20 bits per heavy atom. The van der Waals surface area contributed by atoms with E-state index in [-0.39, 0.29) is 18.4 Å². The molecule has 0 atom stereocenters. The quantitative estimate of drug-likeness (QED) is 0.466. The van der Waals surface area contributed by atoms with Crippen LogP contribution in [0.1, 0.15) is 25.2 Å². The van der Waals surface area contributed by atoms with Crippen LogP contribution in [-0.2, 0) is 17.1 Å². The summed E-state index contributed by atoms with van der Waals surface area (Å²) in [6, 6.07) is 13.1. The average Bonchev–Trinajstić information content (AvgIpc) is 3.13. The molecule has 0 spiro atoms. The van der Waals surface area contributed by atoms with Gasteiger partial charge in [-0.15, -0.1) is 10.2 Å². The maximum Gasteiger partial charge on any atom is 0.222 e. The topological polar surface area (TPSA) is 69.0 Å². The van der Waals surface area contributed by atoms with E-state index in [0.717, 1.165) is 11.3 Å². The van der Waals surface area contributed by atoms with Crippen LogP contribution in [0.25, 0.3) is 5.69 Å². The molecule has 3 aromatic rings. The van der Waals surface area contributed by atoms with Crippen LogP contribution in [0.15, 0.2) is 47.6 Å². The smallest absolute Gasteiger partial charge is 0.222 e. The van der Waals surface area contributed by atoms with Crippen molar-refractivity contribution in [1.82, 2.24) is 20.1 Å². The van der Waals surface area contributed by atoms with E-state index in [1.165, 1.54) is 11.8 Å². The monoisotopic (exact) mass is 464 g/mol. The van der Waals surface area contributed by atoms with E-state index < -0.39 is 0 Å². The van der Waals surface area contributed by atoms with Gasteiger partial charge in [0.1, 0.15) is 5.75 Å². The molecule has 30 heavy (non-hydrogen) atoms. The van der Waals surface area contributed by atoms with Crippen molar-refractivity contribution in [2.24, 2.45) is 5.92 Å². The van der Waals surface area contributed by atoms with Gasteiger partial charge in [0, 0.05) is 16.7 Å². The normalized spacial score (nSPS) is 11.0. The highest BCUT2D eigenvalue weighted by molar-refractivity contribution is 7.98. The molecule has 2 aromatic carbocycles. The van der Waals surface area contributed by atoms with Crippen molar-refractivity contribution in [3.05, 3.63) is 63.9 Å². The summed E-state index contributed by atoms with van der Waals surface area (Å²) in [5.74, 6) is 1.87. The first-order valence-electron chi connectivity index (χ1n) is 9.32. The molecular weight excluding hydrogens is 443 g/mol. The minimum absolute atomic E-state index is 0.0580. The predicted octanol–water partition coefficient (Wildman–Crippen LogP) is 5.15. The van der Waals surface area contributed by atoms with Crippen LogP contribution < -0.4 is 10.1 Å². The molecule has 0 aliphatic rings. The zero-order valence-electron chi connectivity index (χ0n) is 16.9. The lowest BCUT2D eigenvalue weighted by Crippen LogP contribution is -2.28. The van der Waals surface area contributed by atoms with Crippen LogP contribution >= 0.6 is 35.0 Å². The third-order valence-electron chi connectivity index (χ3n) is 4.30. The van der Waals surface area contributed by atoms with Crippen molar-refractivity contribution in [2.75, 3.05) is 7.11 Å². The molecule has 0 saturated carbocycles. The fourth-order valence-corrected chi connectivity index (χ4v) is 4.09. The fraction of sp³-hybridized carbons (Fsp3) is 0.286. The predicted molar refractivity (Wildman–Crippen MR) is 121 cm³/mol. The van der Waals surface area contributed by atoms with Crippen molar-refractivity contribution in [1.29, 1.82) is 0 Å². The van der Waals surface area contributed by atoms with Crippen LogP contribution in [0.5, 0.6) is 5.75 Å². The van der Waals surface area contributed by atoms with Gasteiger partial charge >= 0.3 is 0 Å². The number of amides is 1. The summed E-state index contributed by atoms with van der Waals surface area (Å²) in [6.45, 7) is 3.92. The van der Waals surface area contributed by atoms with Gasteiger partial charge in [0.05, 0.1) is 24.4 Å². The molecule has 1 N–H and O–H groups in total. The van der Waals surface area contributed by atoms with Gasteiger partial charge in [-0.25, -0.2) is 0 Å². The van der Waals surface area contributed by atoms with Crippen LogP contribution in [0.3, 0.4) is 0 Å². The first-order chi connectivity index (χ1) is 14.4. The van der Waals surface area contributed by atoms with Crippen molar-refractivity contribution in [3.8, 4) is 11.4 Å². The zero-order valence-corrected chi connectivity index (χ0v) is 19.2. The Morgan fingerprint density at radius 3 is 2.70 bits per heavy atom. The lowest BCUT2D eigenvalue weighted by Gasteiger charge is -2.13. The second kappa shape index (κ2) is 10.2. The second-order valence-corrected chi connectivity index (χ2v) is 8.63. The van der Waals surface area contributed by atoms with Crippen LogP contribution in [0.2, 0.25) is 10.0 Å². The van der Waals surface area contributed by atoms with Crippen molar-refractivity contribution in [2.45, 2.75) is 31.3 Å². The third kappa shape index (κ3) is 5.47.